The number of carbonyl (C=O) groups is 1. The first-order chi connectivity index (χ1) is 15.5. The molecule has 5 rings (SSSR count). The number of anilines is 1. The molecule has 2 aliphatic rings. The lowest BCUT2D eigenvalue weighted by Crippen LogP contribution is -2.49. The fourth-order valence-corrected chi connectivity index (χ4v) is 4.49. The summed E-state index contributed by atoms with van der Waals surface area (Å²) in [5.74, 6) is -1.67. The second kappa shape index (κ2) is 8.41. The van der Waals surface area contributed by atoms with Crippen molar-refractivity contribution in [3.63, 3.8) is 0 Å². The normalized spacial score (nSPS) is 20.4. The summed E-state index contributed by atoms with van der Waals surface area (Å²) in [6.07, 6.45) is -0.447. The topological polar surface area (TPSA) is 95.7 Å². The summed E-state index contributed by atoms with van der Waals surface area (Å²) in [5, 5.41) is 4.37. The number of rotatable bonds is 4. The molecule has 1 aromatic heterocycles. The number of hydrazine groups is 1. The molecule has 11 heteroatoms. The largest absolute Gasteiger partial charge is 0.338 e. The van der Waals surface area contributed by atoms with Gasteiger partial charge in [-0.25, -0.2) is 19.2 Å². The first-order valence-corrected chi connectivity index (χ1v) is 10.9. The Labute approximate surface area is 186 Å². The monoisotopic (exact) mass is 456 g/mol. The van der Waals surface area contributed by atoms with Gasteiger partial charge in [0.2, 0.25) is 17.6 Å². The standard InChI is InChI=1S/C21H18F2N6O2S/c1-11-4-2-3-5-13(11)19-25-17(31-28-19)10-32-21-26-18-14(9-24-27-18)20(30)29(21)12-6-7-15(22)16(23)8-12/h2-8,14,18,24,27H,9-10H2,1H3. The van der Waals surface area contributed by atoms with Crippen LogP contribution in [0, 0.1) is 24.5 Å². The minimum Gasteiger partial charge on any atom is -0.338 e. The van der Waals surface area contributed by atoms with Crippen LogP contribution in [0.2, 0.25) is 0 Å². The Bertz CT molecular complexity index is 1220. The molecule has 3 heterocycles. The predicted molar refractivity (Wildman–Crippen MR) is 115 cm³/mol. The highest BCUT2D eigenvalue weighted by atomic mass is 32.2. The van der Waals surface area contributed by atoms with Gasteiger partial charge >= 0.3 is 0 Å². The van der Waals surface area contributed by atoms with E-state index in [2.05, 4.69) is 26.0 Å². The number of fused-ring (bicyclic) bond motifs is 1. The van der Waals surface area contributed by atoms with E-state index >= 15 is 0 Å². The van der Waals surface area contributed by atoms with Crippen LogP contribution in [0.4, 0.5) is 14.5 Å². The molecule has 0 aliphatic carbocycles. The molecule has 1 amide bonds. The summed E-state index contributed by atoms with van der Waals surface area (Å²) in [5.41, 5.74) is 7.97. The van der Waals surface area contributed by atoms with Crippen molar-refractivity contribution in [1.29, 1.82) is 0 Å². The first kappa shape index (κ1) is 20.7. The van der Waals surface area contributed by atoms with Gasteiger partial charge in [-0.05, 0) is 24.6 Å². The lowest BCUT2D eigenvalue weighted by molar-refractivity contribution is -0.121. The molecule has 1 fully saturated rings. The Kier molecular flexibility index (Phi) is 5.45. The van der Waals surface area contributed by atoms with Crippen molar-refractivity contribution in [2.45, 2.75) is 18.8 Å². The number of amides is 1. The molecule has 2 aliphatic heterocycles. The van der Waals surface area contributed by atoms with E-state index < -0.39 is 23.7 Å². The van der Waals surface area contributed by atoms with Crippen molar-refractivity contribution in [3.05, 3.63) is 65.6 Å². The van der Waals surface area contributed by atoms with Crippen molar-refractivity contribution >= 4 is 28.5 Å². The lowest BCUT2D eigenvalue weighted by atomic mass is 10.0. The fraction of sp³-hybridized carbons (Fsp3) is 0.238. The van der Waals surface area contributed by atoms with Crippen LogP contribution in [0.15, 0.2) is 52.0 Å². The van der Waals surface area contributed by atoms with E-state index in [4.69, 9.17) is 4.52 Å². The molecular weight excluding hydrogens is 438 g/mol. The highest BCUT2D eigenvalue weighted by Crippen LogP contribution is 2.31. The fourth-order valence-electron chi connectivity index (χ4n) is 3.60. The highest BCUT2D eigenvalue weighted by molar-refractivity contribution is 8.13. The summed E-state index contributed by atoms with van der Waals surface area (Å²) < 4.78 is 32.7. The van der Waals surface area contributed by atoms with Gasteiger partial charge in [-0.1, -0.05) is 41.2 Å². The highest BCUT2D eigenvalue weighted by Gasteiger charge is 2.42. The molecule has 2 unspecified atom stereocenters. The number of aliphatic imine (C=N–C) groups is 1. The van der Waals surface area contributed by atoms with E-state index in [1.807, 2.05) is 31.2 Å². The maximum absolute atomic E-state index is 13.9. The van der Waals surface area contributed by atoms with Gasteiger partial charge in [-0.2, -0.15) is 4.98 Å². The van der Waals surface area contributed by atoms with Crippen LogP contribution < -0.4 is 15.8 Å². The molecule has 0 bridgehead atoms. The third-order valence-electron chi connectivity index (χ3n) is 5.27. The summed E-state index contributed by atoms with van der Waals surface area (Å²) in [6, 6.07) is 11.0. The number of thioether (sulfide) groups is 1. The second-order valence-corrected chi connectivity index (χ2v) is 8.32. The van der Waals surface area contributed by atoms with E-state index in [-0.39, 0.29) is 17.3 Å². The molecule has 3 aromatic rings. The van der Waals surface area contributed by atoms with Gasteiger partial charge in [0.25, 0.3) is 0 Å². The summed E-state index contributed by atoms with van der Waals surface area (Å²) in [6.45, 7) is 2.34. The average molecular weight is 456 g/mol. The molecule has 0 radical (unpaired) electrons. The van der Waals surface area contributed by atoms with Gasteiger partial charge < -0.3 is 4.52 Å². The van der Waals surface area contributed by atoms with E-state index in [0.717, 1.165) is 23.3 Å². The van der Waals surface area contributed by atoms with Gasteiger partial charge in [0.05, 0.1) is 17.4 Å². The zero-order valence-corrected chi connectivity index (χ0v) is 17.7. The zero-order valence-electron chi connectivity index (χ0n) is 16.9. The second-order valence-electron chi connectivity index (χ2n) is 7.38. The number of nitrogens with zero attached hydrogens (tertiary/aromatic N) is 4. The van der Waals surface area contributed by atoms with Crippen molar-refractivity contribution < 1.29 is 18.1 Å². The molecule has 8 nitrogen and oxygen atoms in total. The molecule has 32 heavy (non-hydrogen) atoms. The van der Waals surface area contributed by atoms with Crippen LogP contribution in [0.5, 0.6) is 0 Å². The number of benzene rings is 2. The maximum atomic E-state index is 13.9. The van der Waals surface area contributed by atoms with Gasteiger partial charge in [0.15, 0.2) is 16.8 Å². The van der Waals surface area contributed by atoms with Crippen LogP contribution in [0.3, 0.4) is 0 Å². The predicted octanol–water partition coefficient (Wildman–Crippen LogP) is 3.01. The zero-order chi connectivity index (χ0) is 22.2. The summed E-state index contributed by atoms with van der Waals surface area (Å²) in [4.78, 5) is 23.5. The summed E-state index contributed by atoms with van der Waals surface area (Å²) in [7, 11) is 0. The Balaban J connectivity index is 1.41. The number of hydrogen-bond acceptors (Lipinski definition) is 8. The first-order valence-electron chi connectivity index (χ1n) is 9.88. The van der Waals surface area contributed by atoms with Gasteiger partial charge in [0, 0.05) is 18.2 Å². The van der Waals surface area contributed by atoms with E-state index in [1.54, 1.807) is 0 Å². The SMILES string of the molecule is Cc1ccccc1-c1noc(CSC2=NC3NNCC3C(=O)N2c2ccc(F)c(F)c2)n1. The Morgan fingerprint density at radius 1 is 1.22 bits per heavy atom. The number of halogens is 2. The number of nitrogens with one attached hydrogen (secondary N) is 2. The van der Waals surface area contributed by atoms with Crippen LogP contribution in [-0.2, 0) is 10.5 Å². The Morgan fingerprint density at radius 3 is 2.88 bits per heavy atom. The Morgan fingerprint density at radius 2 is 2.06 bits per heavy atom. The van der Waals surface area contributed by atoms with Crippen molar-refractivity contribution in [3.8, 4) is 11.4 Å². The minimum atomic E-state index is -1.04. The molecular formula is C21H18F2N6O2S. The number of aryl methyl sites for hydroxylation is 1. The lowest BCUT2D eigenvalue weighted by Gasteiger charge is -2.32. The maximum Gasteiger partial charge on any atom is 0.241 e. The molecule has 164 valence electrons. The van der Waals surface area contributed by atoms with E-state index in [9.17, 15) is 13.6 Å². The van der Waals surface area contributed by atoms with Crippen LogP contribution >= 0.6 is 11.8 Å². The number of hydrogen-bond donors (Lipinski definition) is 2. The third kappa shape index (κ3) is 3.78. The molecule has 1 saturated heterocycles. The molecule has 2 atom stereocenters. The third-order valence-corrected chi connectivity index (χ3v) is 6.21. The molecule has 2 N–H and O–H groups in total. The molecule has 0 spiro atoms. The molecule has 2 aromatic carbocycles. The number of aromatic nitrogens is 2. The Hall–Kier alpha value is -3.15. The van der Waals surface area contributed by atoms with E-state index in [0.29, 0.717) is 23.4 Å². The molecule has 0 saturated carbocycles. The number of amidine groups is 1. The summed E-state index contributed by atoms with van der Waals surface area (Å²) >= 11 is 1.20. The van der Waals surface area contributed by atoms with Crippen molar-refractivity contribution in [2.24, 2.45) is 10.9 Å². The van der Waals surface area contributed by atoms with Crippen LogP contribution in [-0.4, -0.2) is 33.9 Å². The van der Waals surface area contributed by atoms with Crippen molar-refractivity contribution in [2.75, 3.05) is 11.4 Å². The average Bonchev–Trinajstić information content (AvgIpc) is 3.44. The quantitative estimate of drug-likeness (QED) is 0.623. The van der Waals surface area contributed by atoms with E-state index in [1.165, 1.54) is 22.7 Å². The minimum absolute atomic E-state index is 0.205. The van der Waals surface area contributed by atoms with Crippen LogP contribution in [0.25, 0.3) is 11.4 Å². The van der Waals surface area contributed by atoms with Gasteiger partial charge in [0.1, 0.15) is 6.17 Å². The van der Waals surface area contributed by atoms with Gasteiger partial charge in [-0.15, -0.1) is 0 Å². The van der Waals surface area contributed by atoms with Crippen LogP contribution in [0.1, 0.15) is 11.5 Å². The smallest absolute Gasteiger partial charge is 0.241 e. The number of carbonyl (C=O) groups excluding carboxylic acids is 1. The van der Waals surface area contributed by atoms with Gasteiger partial charge in [-0.3, -0.25) is 15.1 Å². The van der Waals surface area contributed by atoms with Crippen molar-refractivity contribution in [1.82, 2.24) is 21.0 Å².